The van der Waals surface area contributed by atoms with Crippen molar-refractivity contribution < 1.29 is 0 Å². The van der Waals surface area contributed by atoms with Gasteiger partial charge in [0.1, 0.15) is 0 Å². The van der Waals surface area contributed by atoms with Crippen molar-refractivity contribution in [2.75, 3.05) is 11.4 Å². The van der Waals surface area contributed by atoms with Crippen LogP contribution in [-0.4, -0.2) is 12.6 Å². The van der Waals surface area contributed by atoms with Crippen molar-refractivity contribution in [2.45, 2.75) is 43.5 Å². The first-order valence-corrected chi connectivity index (χ1v) is 8.40. The predicted octanol–water partition coefficient (Wildman–Crippen LogP) is 5.00. The van der Waals surface area contributed by atoms with Crippen LogP contribution in [0, 0.1) is 5.92 Å². The van der Waals surface area contributed by atoms with Gasteiger partial charge in [-0.15, -0.1) is 0 Å². The standard InChI is InChI=1S/C15H19BrClN/c16-10-12-9-13(17)5-6-15(12)18-8-7-11-3-1-2-4-14(11)18/h5-6,9,11,14H,1-4,7-8,10H2. The molecule has 1 aromatic rings. The number of alkyl halides is 1. The third kappa shape index (κ3) is 2.30. The molecule has 1 aliphatic heterocycles. The van der Waals surface area contributed by atoms with Gasteiger partial charge in [0.2, 0.25) is 0 Å². The summed E-state index contributed by atoms with van der Waals surface area (Å²) in [5.41, 5.74) is 2.72. The van der Waals surface area contributed by atoms with Crippen LogP contribution in [0.1, 0.15) is 37.7 Å². The monoisotopic (exact) mass is 327 g/mol. The molecule has 1 nitrogen and oxygen atoms in total. The quantitative estimate of drug-likeness (QED) is 0.690. The number of hydrogen-bond donors (Lipinski definition) is 0. The molecular formula is C15H19BrClN. The van der Waals surface area contributed by atoms with Gasteiger partial charge in [-0.25, -0.2) is 0 Å². The summed E-state index contributed by atoms with van der Waals surface area (Å²) >= 11 is 9.69. The second-order valence-electron chi connectivity index (χ2n) is 5.50. The summed E-state index contributed by atoms with van der Waals surface area (Å²) in [6.07, 6.45) is 7.00. The molecule has 1 saturated carbocycles. The second-order valence-corrected chi connectivity index (χ2v) is 6.50. The van der Waals surface area contributed by atoms with E-state index in [0.29, 0.717) is 0 Å². The Morgan fingerprint density at radius 1 is 1.22 bits per heavy atom. The van der Waals surface area contributed by atoms with Gasteiger partial charge in [0.05, 0.1) is 0 Å². The molecule has 1 heterocycles. The molecule has 0 amide bonds. The lowest BCUT2D eigenvalue weighted by molar-refractivity contribution is 0.342. The van der Waals surface area contributed by atoms with E-state index >= 15 is 0 Å². The Morgan fingerprint density at radius 3 is 2.89 bits per heavy atom. The van der Waals surface area contributed by atoms with Crippen molar-refractivity contribution in [1.29, 1.82) is 0 Å². The summed E-state index contributed by atoms with van der Waals surface area (Å²) in [5, 5.41) is 1.73. The smallest absolute Gasteiger partial charge is 0.0410 e. The Balaban J connectivity index is 1.90. The molecule has 0 N–H and O–H groups in total. The first-order chi connectivity index (χ1) is 8.79. The van der Waals surface area contributed by atoms with E-state index in [4.69, 9.17) is 11.6 Å². The highest BCUT2D eigenvalue weighted by atomic mass is 79.9. The number of nitrogens with zero attached hydrogens (tertiary/aromatic N) is 1. The van der Waals surface area contributed by atoms with Crippen molar-refractivity contribution in [1.82, 2.24) is 0 Å². The number of fused-ring (bicyclic) bond motifs is 1. The normalized spacial score (nSPS) is 27.3. The van der Waals surface area contributed by atoms with E-state index in [-0.39, 0.29) is 0 Å². The van der Waals surface area contributed by atoms with E-state index in [1.54, 1.807) is 0 Å². The highest BCUT2D eigenvalue weighted by Gasteiger charge is 2.36. The highest BCUT2D eigenvalue weighted by molar-refractivity contribution is 9.08. The van der Waals surface area contributed by atoms with E-state index in [1.165, 1.54) is 49.9 Å². The van der Waals surface area contributed by atoms with Crippen LogP contribution in [0.25, 0.3) is 0 Å². The number of anilines is 1. The van der Waals surface area contributed by atoms with Crippen LogP contribution in [0.2, 0.25) is 5.02 Å². The molecule has 0 spiro atoms. The SMILES string of the molecule is Clc1ccc(N2CCC3CCCCC32)c(CBr)c1. The summed E-state index contributed by atoms with van der Waals surface area (Å²) in [6, 6.07) is 7.11. The van der Waals surface area contributed by atoms with Gasteiger partial charge in [0, 0.05) is 28.6 Å². The molecular weight excluding hydrogens is 310 g/mol. The summed E-state index contributed by atoms with van der Waals surface area (Å²) in [5.74, 6) is 0.928. The Kier molecular flexibility index (Phi) is 3.86. The maximum atomic E-state index is 6.10. The predicted molar refractivity (Wildman–Crippen MR) is 81.8 cm³/mol. The Morgan fingerprint density at radius 2 is 2.06 bits per heavy atom. The van der Waals surface area contributed by atoms with Gasteiger partial charge in [-0.05, 0) is 48.9 Å². The fourth-order valence-corrected chi connectivity index (χ4v) is 4.29. The van der Waals surface area contributed by atoms with Crippen molar-refractivity contribution in [3.8, 4) is 0 Å². The second kappa shape index (κ2) is 5.42. The maximum absolute atomic E-state index is 6.10. The Hall–Kier alpha value is -0.210. The average molecular weight is 329 g/mol. The van der Waals surface area contributed by atoms with E-state index in [0.717, 1.165) is 22.3 Å². The highest BCUT2D eigenvalue weighted by Crippen LogP contribution is 2.40. The van der Waals surface area contributed by atoms with Gasteiger partial charge in [0.15, 0.2) is 0 Å². The van der Waals surface area contributed by atoms with Crippen LogP contribution in [0.15, 0.2) is 18.2 Å². The fraction of sp³-hybridized carbons (Fsp3) is 0.600. The summed E-state index contributed by atoms with van der Waals surface area (Å²) in [6.45, 7) is 1.22. The lowest BCUT2D eigenvalue weighted by Gasteiger charge is -2.34. The number of rotatable bonds is 2. The van der Waals surface area contributed by atoms with Gasteiger partial charge in [0.25, 0.3) is 0 Å². The van der Waals surface area contributed by atoms with Crippen molar-refractivity contribution >= 4 is 33.2 Å². The number of benzene rings is 1. The van der Waals surface area contributed by atoms with Crippen LogP contribution >= 0.6 is 27.5 Å². The van der Waals surface area contributed by atoms with Gasteiger partial charge in [-0.1, -0.05) is 40.4 Å². The zero-order chi connectivity index (χ0) is 12.5. The average Bonchev–Trinajstić information content (AvgIpc) is 2.82. The minimum Gasteiger partial charge on any atom is -0.368 e. The van der Waals surface area contributed by atoms with Crippen molar-refractivity contribution in [3.63, 3.8) is 0 Å². The lowest BCUT2D eigenvalue weighted by atomic mass is 9.85. The molecule has 1 aromatic carbocycles. The maximum Gasteiger partial charge on any atom is 0.0410 e. The van der Waals surface area contributed by atoms with E-state index in [2.05, 4.69) is 33.0 Å². The summed E-state index contributed by atoms with van der Waals surface area (Å²) < 4.78 is 0. The molecule has 18 heavy (non-hydrogen) atoms. The van der Waals surface area contributed by atoms with Crippen LogP contribution in [0.5, 0.6) is 0 Å². The van der Waals surface area contributed by atoms with E-state index < -0.39 is 0 Å². The topological polar surface area (TPSA) is 3.24 Å². The van der Waals surface area contributed by atoms with E-state index in [9.17, 15) is 0 Å². The molecule has 0 radical (unpaired) electrons. The van der Waals surface area contributed by atoms with E-state index in [1.807, 2.05) is 6.07 Å². The van der Waals surface area contributed by atoms with Crippen LogP contribution in [0.4, 0.5) is 5.69 Å². The molecule has 3 rings (SSSR count). The molecule has 2 unspecified atom stereocenters. The molecule has 1 aliphatic carbocycles. The molecule has 0 bridgehead atoms. The van der Waals surface area contributed by atoms with Gasteiger partial charge < -0.3 is 4.90 Å². The minimum absolute atomic E-state index is 0.776. The molecule has 0 aromatic heterocycles. The third-order valence-electron chi connectivity index (χ3n) is 4.51. The summed E-state index contributed by atoms with van der Waals surface area (Å²) in [7, 11) is 0. The number of halogens is 2. The first kappa shape index (κ1) is 12.8. The largest absolute Gasteiger partial charge is 0.368 e. The van der Waals surface area contributed by atoms with Gasteiger partial charge >= 0.3 is 0 Å². The zero-order valence-corrected chi connectivity index (χ0v) is 12.9. The Labute approximate surface area is 123 Å². The first-order valence-electron chi connectivity index (χ1n) is 6.90. The van der Waals surface area contributed by atoms with Gasteiger partial charge in [-0.3, -0.25) is 0 Å². The molecule has 2 fully saturated rings. The lowest BCUT2D eigenvalue weighted by Crippen LogP contribution is -2.35. The molecule has 2 atom stereocenters. The third-order valence-corrected chi connectivity index (χ3v) is 5.34. The minimum atomic E-state index is 0.776. The zero-order valence-electron chi connectivity index (χ0n) is 10.5. The molecule has 98 valence electrons. The molecule has 1 saturated heterocycles. The number of hydrogen-bond acceptors (Lipinski definition) is 1. The molecule has 2 aliphatic rings. The fourth-order valence-electron chi connectivity index (χ4n) is 3.65. The van der Waals surface area contributed by atoms with Crippen LogP contribution < -0.4 is 4.90 Å². The van der Waals surface area contributed by atoms with Gasteiger partial charge in [-0.2, -0.15) is 0 Å². The molecule has 3 heteroatoms. The van der Waals surface area contributed by atoms with Crippen LogP contribution in [-0.2, 0) is 5.33 Å². The van der Waals surface area contributed by atoms with Crippen LogP contribution in [0.3, 0.4) is 0 Å². The van der Waals surface area contributed by atoms with Crippen molar-refractivity contribution in [2.24, 2.45) is 5.92 Å². The Bertz CT molecular complexity index is 435. The van der Waals surface area contributed by atoms with Crippen molar-refractivity contribution in [3.05, 3.63) is 28.8 Å². The summed E-state index contributed by atoms with van der Waals surface area (Å²) in [4.78, 5) is 2.64.